The summed E-state index contributed by atoms with van der Waals surface area (Å²) in [6.07, 6.45) is 3.23. The van der Waals surface area contributed by atoms with E-state index < -0.39 is 5.82 Å². The van der Waals surface area contributed by atoms with Crippen LogP contribution in [0.3, 0.4) is 0 Å². The fraction of sp³-hybridized carbons (Fsp3) is 0.0833. The Labute approximate surface area is 102 Å². The molecule has 17 heavy (non-hydrogen) atoms. The lowest BCUT2D eigenvalue weighted by Gasteiger charge is -2.00. The third kappa shape index (κ3) is 3.35. The zero-order chi connectivity index (χ0) is 12.1. The van der Waals surface area contributed by atoms with Crippen molar-refractivity contribution in [2.45, 2.75) is 5.16 Å². The number of rotatable bonds is 4. The highest BCUT2D eigenvalue weighted by Crippen LogP contribution is 2.14. The van der Waals surface area contributed by atoms with Crippen LogP contribution < -0.4 is 0 Å². The van der Waals surface area contributed by atoms with Crippen molar-refractivity contribution in [1.29, 1.82) is 0 Å². The van der Waals surface area contributed by atoms with E-state index in [4.69, 9.17) is 0 Å². The van der Waals surface area contributed by atoms with Gasteiger partial charge >= 0.3 is 0 Å². The van der Waals surface area contributed by atoms with Gasteiger partial charge in [-0.3, -0.25) is 4.79 Å². The van der Waals surface area contributed by atoms with Gasteiger partial charge in [-0.2, -0.15) is 0 Å². The summed E-state index contributed by atoms with van der Waals surface area (Å²) in [5, 5.41) is 0.539. The molecule has 0 amide bonds. The predicted molar refractivity (Wildman–Crippen MR) is 63.5 cm³/mol. The van der Waals surface area contributed by atoms with E-state index in [2.05, 4.69) is 9.97 Å². The Bertz CT molecular complexity index is 519. The summed E-state index contributed by atoms with van der Waals surface area (Å²) in [6.45, 7) is 0. The smallest absolute Gasteiger partial charge is 0.187 e. The van der Waals surface area contributed by atoms with Crippen LogP contribution in [-0.2, 0) is 0 Å². The third-order valence-electron chi connectivity index (χ3n) is 2.02. The van der Waals surface area contributed by atoms with Crippen molar-refractivity contribution >= 4 is 17.5 Å². The molecule has 1 aromatic heterocycles. The first-order valence-electron chi connectivity index (χ1n) is 4.94. The van der Waals surface area contributed by atoms with Gasteiger partial charge in [0.25, 0.3) is 0 Å². The Morgan fingerprint density at radius 2 is 2.00 bits per heavy atom. The Morgan fingerprint density at radius 3 is 2.71 bits per heavy atom. The van der Waals surface area contributed by atoms with Crippen LogP contribution in [0.1, 0.15) is 10.4 Å². The van der Waals surface area contributed by atoms with E-state index in [0.717, 1.165) is 0 Å². The van der Waals surface area contributed by atoms with E-state index in [9.17, 15) is 9.18 Å². The number of ketones is 1. The molecule has 0 aliphatic rings. The van der Waals surface area contributed by atoms with Gasteiger partial charge in [-0.1, -0.05) is 23.9 Å². The fourth-order valence-electron chi connectivity index (χ4n) is 1.24. The van der Waals surface area contributed by atoms with E-state index in [1.165, 1.54) is 30.0 Å². The molecule has 0 saturated carbocycles. The first kappa shape index (κ1) is 11.7. The molecule has 1 heterocycles. The van der Waals surface area contributed by atoms with Gasteiger partial charge < -0.3 is 0 Å². The van der Waals surface area contributed by atoms with Crippen molar-refractivity contribution in [3.8, 4) is 0 Å². The Balaban J connectivity index is 1.98. The molecule has 0 fully saturated rings. The number of benzene rings is 1. The normalized spacial score (nSPS) is 10.2. The maximum atomic E-state index is 12.9. The summed E-state index contributed by atoms with van der Waals surface area (Å²) in [5.74, 6) is -0.341. The van der Waals surface area contributed by atoms with Crippen molar-refractivity contribution in [3.63, 3.8) is 0 Å². The summed E-state index contributed by atoms with van der Waals surface area (Å²) in [7, 11) is 0. The molecule has 0 bridgehead atoms. The lowest BCUT2D eigenvalue weighted by Crippen LogP contribution is -2.03. The van der Waals surface area contributed by atoms with E-state index in [0.29, 0.717) is 10.7 Å². The van der Waals surface area contributed by atoms with E-state index in [1.54, 1.807) is 24.5 Å². The molecule has 0 aliphatic heterocycles. The summed E-state index contributed by atoms with van der Waals surface area (Å²) in [5.41, 5.74) is 0.369. The SMILES string of the molecule is O=C(CSc1ncccn1)c1cccc(F)c1. The molecule has 0 atom stereocenters. The topological polar surface area (TPSA) is 42.9 Å². The number of thioether (sulfide) groups is 1. The van der Waals surface area contributed by atoms with E-state index in [1.807, 2.05) is 0 Å². The monoisotopic (exact) mass is 248 g/mol. The number of aromatic nitrogens is 2. The van der Waals surface area contributed by atoms with Crippen LogP contribution >= 0.6 is 11.8 Å². The Hall–Kier alpha value is -1.75. The molecule has 0 N–H and O–H groups in total. The molecule has 0 spiro atoms. The standard InChI is InChI=1S/C12H9FN2OS/c13-10-4-1-3-9(7-10)11(16)8-17-12-14-5-2-6-15-12/h1-7H,8H2. The van der Waals surface area contributed by atoms with Gasteiger partial charge in [0.05, 0.1) is 5.75 Å². The molecular formula is C12H9FN2OS. The van der Waals surface area contributed by atoms with Crippen LogP contribution in [0.2, 0.25) is 0 Å². The molecular weight excluding hydrogens is 239 g/mol. The Morgan fingerprint density at radius 1 is 1.24 bits per heavy atom. The number of Topliss-reactive ketones (excluding diaryl/α,β-unsaturated/α-hetero) is 1. The van der Waals surface area contributed by atoms with Crippen LogP contribution in [0.15, 0.2) is 47.9 Å². The van der Waals surface area contributed by atoms with Crippen molar-refractivity contribution in [2.75, 3.05) is 5.75 Å². The summed E-state index contributed by atoms with van der Waals surface area (Å²) in [6, 6.07) is 7.36. The highest BCUT2D eigenvalue weighted by atomic mass is 32.2. The number of carbonyl (C=O) groups excluding carboxylic acids is 1. The van der Waals surface area contributed by atoms with Gasteiger partial charge in [0.2, 0.25) is 0 Å². The van der Waals surface area contributed by atoms with Crippen LogP contribution in [-0.4, -0.2) is 21.5 Å². The van der Waals surface area contributed by atoms with E-state index >= 15 is 0 Å². The quantitative estimate of drug-likeness (QED) is 0.474. The summed E-state index contributed by atoms with van der Waals surface area (Å²) < 4.78 is 12.9. The Kier molecular flexibility index (Phi) is 3.82. The van der Waals surface area contributed by atoms with Crippen LogP contribution in [0, 0.1) is 5.82 Å². The maximum Gasteiger partial charge on any atom is 0.187 e. The number of nitrogens with zero attached hydrogens (tertiary/aromatic N) is 2. The van der Waals surface area contributed by atoms with Gasteiger partial charge in [-0.25, -0.2) is 14.4 Å². The third-order valence-corrected chi connectivity index (χ3v) is 2.90. The van der Waals surface area contributed by atoms with Gasteiger partial charge in [0.15, 0.2) is 10.9 Å². The predicted octanol–water partition coefficient (Wildman–Crippen LogP) is 2.59. The molecule has 86 valence electrons. The van der Waals surface area contributed by atoms with Gasteiger partial charge in [0, 0.05) is 18.0 Å². The number of halogens is 1. The lowest BCUT2D eigenvalue weighted by molar-refractivity contribution is 0.102. The molecule has 0 aliphatic carbocycles. The zero-order valence-corrected chi connectivity index (χ0v) is 9.65. The maximum absolute atomic E-state index is 12.9. The highest BCUT2D eigenvalue weighted by molar-refractivity contribution is 7.99. The molecule has 2 rings (SSSR count). The largest absolute Gasteiger partial charge is 0.293 e. The second-order valence-corrected chi connectivity index (χ2v) is 4.20. The molecule has 3 nitrogen and oxygen atoms in total. The minimum absolute atomic E-state index is 0.137. The molecule has 0 unspecified atom stereocenters. The fourth-order valence-corrected chi connectivity index (χ4v) is 1.93. The van der Waals surface area contributed by atoms with Crippen LogP contribution in [0.5, 0.6) is 0 Å². The second-order valence-electron chi connectivity index (χ2n) is 3.25. The second kappa shape index (κ2) is 5.54. The first-order chi connectivity index (χ1) is 8.25. The first-order valence-corrected chi connectivity index (χ1v) is 5.93. The number of carbonyl (C=O) groups is 1. The minimum Gasteiger partial charge on any atom is -0.293 e. The van der Waals surface area contributed by atoms with E-state index in [-0.39, 0.29) is 11.5 Å². The number of hydrogen-bond donors (Lipinski definition) is 0. The van der Waals surface area contributed by atoms with Gasteiger partial charge in [-0.05, 0) is 18.2 Å². The van der Waals surface area contributed by atoms with Crippen molar-refractivity contribution in [3.05, 3.63) is 54.1 Å². The molecule has 1 aromatic carbocycles. The van der Waals surface area contributed by atoms with Crippen molar-refractivity contribution in [2.24, 2.45) is 0 Å². The van der Waals surface area contributed by atoms with Crippen molar-refractivity contribution in [1.82, 2.24) is 9.97 Å². The van der Waals surface area contributed by atoms with Gasteiger partial charge in [-0.15, -0.1) is 0 Å². The van der Waals surface area contributed by atoms with Crippen LogP contribution in [0.4, 0.5) is 4.39 Å². The lowest BCUT2D eigenvalue weighted by atomic mass is 10.1. The highest BCUT2D eigenvalue weighted by Gasteiger charge is 2.08. The molecule has 0 radical (unpaired) electrons. The van der Waals surface area contributed by atoms with Crippen molar-refractivity contribution < 1.29 is 9.18 Å². The van der Waals surface area contributed by atoms with Gasteiger partial charge in [0.1, 0.15) is 5.82 Å². The molecule has 0 saturated heterocycles. The zero-order valence-electron chi connectivity index (χ0n) is 8.84. The van der Waals surface area contributed by atoms with Crippen LogP contribution in [0.25, 0.3) is 0 Å². The summed E-state index contributed by atoms with van der Waals surface area (Å²) in [4.78, 5) is 19.7. The number of hydrogen-bond acceptors (Lipinski definition) is 4. The average Bonchev–Trinajstić information content (AvgIpc) is 2.37. The molecule has 2 aromatic rings. The minimum atomic E-state index is -0.406. The average molecular weight is 248 g/mol. The molecule has 5 heteroatoms. The summed E-state index contributed by atoms with van der Waals surface area (Å²) >= 11 is 1.24.